The molecule has 0 bridgehead atoms. The van der Waals surface area contributed by atoms with Crippen LogP contribution >= 0.6 is 0 Å². The maximum atomic E-state index is 13.9. The molecule has 1 saturated carbocycles. The highest BCUT2D eigenvalue weighted by molar-refractivity contribution is 5.95. The van der Waals surface area contributed by atoms with E-state index in [4.69, 9.17) is 10.5 Å². The Bertz CT molecular complexity index is 970. The molecule has 200 valence electrons. The molecule has 0 heterocycles. The summed E-state index contributed by atoms with van der Waals surface area (Å²) in [6.07, 6.45) is 1.66. The molecule has 1 aliphatic carbocycles. The molecule has 10 nitrogen and oxygen atoms in total. The largest absolute Gasteiger partial charge is 0.508 e. The molecule has 1 aromatic rings. The van der Waals surface area contributed by atoms with Crippen LogP contribution in [0.4, 0.5) is 4.79 Å². The fourth-order valence-corrected chi connectivity index (χ4v) is 4.02. The van der Waals surface area contributed by atoms with Gasteiger partial charge in [-0.1, -0.05) is 19.4 Å². The molecule has 3 atom stereocenters. The lowest BCUT2D eigenvalue weighted by Gasteiger charge is -2.35. The Labute approximate surface area is 212 Å². The molecule has 10 heteroatoms. The van der Waals surface area contributed by atoms with Crippen LogP contribution in [-0.2, 0) is 19.1 Å². The van der Waals surface area contributed by atoms with Crippen molar-refractivity contribution >= 4 is 23.8 Å². The average molecular weight is 505 g/mol. The lowest BCUT2D eigenvalue weighted by molar-refractivity contribution is -0.144. The highest BCUT2D eigenvalue weighted by Crippen LogP contribution is 2.37. The van der Waals surface area contributed by atoms with Gasteiger partial charge in [-0.15, -0.1) is 0 Å². The Morgan fingerprint density at radius 1 is 1.19 bits per heavy atom. The second-order valence-electron chi connectivity index (χ2n) is 10.5. The topological polar surface area (TPSA) is 151 Å². The molecule has 1 fully saturated rings. The van der Waals surface area contributed by atoms with Crippen LogP contribution in [-0.4, -0.2) is 57.5 Å². The van der Waals surface area contributed by atoms with Crippen molar-refractivity contribution in [1.29, 1.82) is 0 Å². The Kier molecular flexibility index (Phi) is 9.72. The first-order valence-electron chi connectivity index (χ1n) is 12.4. The molecular formula is C26H40N4O6. The number of carbonyl (C=O) groups is 4. The quantitative estimate of drug-likeness (QED) is 0.364. The maximum absolute atomic E-state index is 13.9. The minimum absolute atomic E-state index is 0.0692. The maximum Gasteiger partial charge on any atom is 0.408 e. The van der Waals surface area contributed by atoms with Gasteiger partial charge in [-0.3, -0.25) is 14.4 Å². The second kappa shape index (κ2) is 12.1. The van der Waals surface area contributed by atoms with Crippen LogP contribution in [0.2, 0.25) is 0 Å². The van der Waals surface area contributed by atoms with Gasteiger partial charge in [0.05, 0.1) is 6.42 Å². The number of aryl methyl sites for hydroxylation is 1. The Hall–Kier alpha value is -3.30. The molecule has 4 amide bonds. The molecule has 5 N–H and O–H groups in total. The Morgan fingerprint density at radius 3 is 2.33 bits per heavy atom. The molecule has 0 aliphatic heterocycles. The number of rotatable bonds is 11. The van der Waals surface area contributed by atoms with Crippen molar-refractivity contribution in [2.45, 2.75) is 103 Å². The summed E-state index contributed by atoms with van der Waals surface area (Å²) in [7, 11) is 0. The normalized spacial score (nSPS) is 15.8. The minimum Gasteiger partial charge on any atom is -0.508 e. The van der Waals surface area contributed by atoms with Crippen molar-refractivity contribution in [3.63, 3.8) is 0 Å². The molecule has 36 heavy (non-hydrogen) atoms. The van der Waals surface area contributed by atoms with E-state index in [1.54, 1.807) is 39.8 Å². The van der Waals surface area contributed by atoms with Gasteiger partial charge in [0.1, 0.15) is 23.4 Å². The number of amides is 4. The van der Waals surface area contributed by atoms with Crippen molar-refractivity contribution in [3.05, 3.63) is 29.3 Å². The Balaban J connectivity index is 2.48. The molecule has 0 saturated heterocycles. The van der Waals surface area contributed by atoms with Gasteiger partial charge in [0.15, 0.2) is 0 Å². The molecule has 1 aromatic carbocycles. The van der Waals surface area contributed by atoms with Crippen molar-refractivity contribution in [2.75, 3.05) is 0 Å². The number of hydrogen-bond donors (Lipinski definition) is 4. The van der Waals surface area contributed by atoms with Gasteiger partial charge in [0.25, 0.3) is 0 Å². The lowest BCUT2D eigenvalue weighted by atomic mass is 9.99. The highest BCUT2D eigenvalue weighted by atomic mass is 16.6. The van der Waals surface area contributed by atoms with Gasteiger partial charge >= 0.3 is 6.09 Å². The van der Waals surface area contributed by atoms with Crippen LogP contribution in [0.5, 0.6) is 5.75 Å². The van der Waals surface area contributed by atoms with Crippen LogP contribution in [0.25, 0.3) is 0 Å². The van der Waals surface area contributed by atoms with Crippen molar-refractivity contribution in [2.24, 2.45) is 5.73 Å². The van der Waals surface area contributed by atoms with E-state index in [0.29, 0.717) is 24.0 Å². The fraction of sp³-hybridized carbons (Fsp3) is 0.615. The molecular weight excluding hydrogens is 464 g/mol. The zero-order valence-electron chi connectivity index (χ0n) is 22.1. The number of nitrogens with two attached hydrogens (primary N) is 1. The van der Waals surface area contributed by atoms with Gasteiger partial charge in [-0.05, 0) is 77.1 Å². The summed E-state index contributed by atoms with van der Waals surface area (Å²) in [6, 6.07) is 2.04. The molecule has 1 aliphatic rings. The lowest BCUT2D eigenvalue weighted by Crippen LogP contribution is -2.55. The fourth-order valence-electron chi connectivity index (χ4n) is 4.02. The second-order valence-corrected chi connectivity index (χ2v) is 10.5. The summed E-state index contributed by atoms with van der Waals surface area (Å²) in [5.74, 6) is -1.69. The summed E-state index contributed by atoms with van der Waals surface area (Å²) in [5, 5.41) is 15.5. The van der Waals surface area contributed by atoms with Crippen LogP contribution in [0.15, 0.2) is 18.2 Å². The monoisotopic (exact) mass is 504 g/mol. The van der Waals surface area contributed by atoms with Crippen molar-refractivity contribution in [3.8, 4) is 5.75 Å². The summed E-state index contributed by atoms with van der Waals surface area (Å²) < 4.78 is 5.28. The zero-order chi connectivity index (χ0) is 27.2. The third kappa shape index (κ3) is 8.42. The molecule has 0 aromatic heterocycles. The van der Waals surface area contributed by atoms with Gasteiger partial charge in [0, 0.05) is 12.1 Å². The van der Waals surface area contributed by atoms with E-state index in [1.165, 1.54) is 11.0 Å². The van der Waals surface area contributed by atoms with Crippen LogP contribution < -0.4 is 16.4 Å². The van der Waals surface area contributed by atoms with E-state index in [9.17, 15) is 24.3 Å². The number of primary amides is 1. The third-order valence-corrected chi connectivity index (χ3v) is 5.76. The summed E-state index contributed by atoms with van der Waals surface area (Å²) in [6.45, 7) is 10.7. The van der Waals surface area contributed by atoms with E-state index in [-0.39, 0.29) is 23.7 Å². The number of hydrogen-bond acceptors (Lipinski definition) is 6. The standard InChI is InChI=1S/C26H40N4O6/c1-7-8-16(3)28-23(33)22(17-9-12-20(31)15(2)13-17)30(18-10-11-18)24(34)19(14-21(27)32)29-25(35)36-26(4,5)6/h9,12-13,16,18-19,22,31H,7-8,10-11,14H2,1-6H3,(H2,27,32)(H,28,33)(H,29,35). The zero-order valence-corrected chi connectivity index (χ0v) is 22.1. The predicted molar refractivity (Wildman–Crippen MR) is 135 cm³/mol. The molecule has 0 radical (unpaired) electrons. The van der Waals surface area contributed by atoms with Crippen LogP contribution in [0.1, 0.15) is 83.9 Å². The number of nitrogens with one attached hydrogen (secondary N) is 2. The first-order chi connectivity index (χ1) is 16.7. The van der Waals surface area contributed by atoms with Crippen molar-refractivity contribution < 1.29 is 29.0 Å². The number of carbonyl (C=O) groups excluding carboxylic acids is 4. The van der Waals surface area contributed by atoms with Crippen molar-refractivity contribution in [1.82, 2.24) is 15.5 Å². The van der Waals surface area contributed by atoms with Crippen LogP contribution in [0, 0.1) is 6.92 Å². The molecule has 0 spiro atoms. The van der Waals surface area contributed by atoms with Crippen LogP contribution in [0.3, 0.4) is 0 Å². The number of aromatic hydroxyl groups is 1. The first kappa shape index (κ1) is 28.9. The molecule has 2 rings (SSSR count). The van der Waals surface area contributed by atoms with Gasteiger partial charge in [-0.2, -0.15) is 0 Å². The number of nitrogens with zero attached hydrogens (tertiary/aromatic N) is 1. The number of benzene rings is 1. The van der Waals surface area contributed by atoms with E-state index >= 15 is 0 Å². The van der Waals surface area contributed by atoms with Gasteiger partial charge in [0.2, 0.25) is 17.7 Å². The Morgan fingerprint density at radius 2 is 1.83 bits per heavy atom. The SMILES string of the molecule is CCCC(C)NC(=O)C(c1ccc(O)c(C)c1)N(C(=O)C(CC(N)=O)NC(=O)OC(C)(C)C)C1CC1. The number of ether oxygens (including phenoxy) is 1. The number of phenolic OH excluding ortho intramolecular Hbond substituents is 1. The molecule has 3 unspecified atom stereocenters. The first-order valence-corrected chi connectivity index (χ1v) is 12.4. The third-order valence-electron chi connectivity index (χ3n) is 5.76. The smallest absolute Gasteiger partial charge is 0.408 e. The highest BCUT2D eigenvalue weighted by Gasteiger charge is 2.44. The summed E-state index contributed by atoms with van der Waals surface area (Å²) in [4.78, 5) is 53.2. The van der Waals surface area contributed by atoms with E-state index in [2.05, 4.69) is 10.6 Å². The number of alkyl carbamates (subject to hydrolysis) is 1. The van der Waals surface area contributed by atoms with E-state index in [0.717, 1.165) is 12.8 Å². The average Bonchev–Trinajstić information content (AvgIpc) is 3.56. The summed E-state index contributed by atoms with van der Waals surface area (Å²) >= 11 is 0. The summed E-state index contributed by atoms with van der Waals surface area (Å²) in [5.41, 5.74) is 5.65. The van der Waals surface area contributed by atoms with E-state index < -0.39 is 42.0 Å². The minimum atomic E-state index is -1.31. The van der Waals surface area contributed by atoms with Gasteiger partial charge < -0.3 is 31.1 Å². The van der Waals surface area contributed by atoms with Gasteiger partial charge in [-0.25, -0.2) is 4.79 Å². The van der Waals surface area contributed by atoms with E-state index in [1.807, 2.05) is 13.8 Å². The predicted octanol–water partition coefficient (Wildman–Crippen LogP) is 2.81. The number of phenols is 1.